The summed E-state index contributed by atoms with van der Waals surface area (Å²) in [5.41, 5.74) is 3.39. The molecule has 0 radical (unpaired) electrons. The van der Waals surface area contributed by atoms with E-state index in [1.54, 1.807) is 43.5 Å². The van der Waals surface area contributed by atoms with Crippen LogP contribution in [0.25, 0.3) is 6.08 Å². The fraction of sp³-hybridized carbons (Fsp3) is 0.148. The Kier molecular flexibility index (Phi) is 8.78. The molecule has 0 bridgehead atoms. The van der Waals surface area contributed by atoms with E-state index in [0.717, 1.165) is 25.8 Å². The number of imide groups is 1. The van der Waals surface area contributed by atoms with Crippen LogP contribution in [-0.2, 0) is 16.2 Å². The van der Waals surface area contributed by atoms with Crippen LogP contribution in [0.2, 0.25) is 5.02 Å². The van der Waals surface area contributed by atoms with Gasteiger partial charge in [-0.05, 0) is 94.9 Å². The van der Waals surface area contributed by atoms with Gasteiger partial charge in [0.15, 0.2) is 11.5 Å². The van der Waals surface area contributed by atoms with Crippen molar-refractivity contribution < 1.29 is 23.9 Å². The Labute approximate surface area is 237 Å². The van der Waals surface area contributed by atoms with Gasteiger partial charge in [-0.25, -0.2) is 0 Å². The van der Waals surface area contributed by atoms with E-state index in [2.05, 4.69) is 27.9 Å². The molecule has 1 saturated heterocycles. The first-order valence-electron chi connectivity index (χ1n) is 11.1. The Balaban J connectivity index is 1.46. The molecule has 4 rings (SSSR count). The predicted octanol–water partition coefficient (Wildman–Crippen LogP) is 6.52. The standard InChI is InChI=1S/C27H22ClIN2O5S/c1-16-3-5-17(6-4-16)15-36-25-21(29)11-18(12-22(25)35-2)13-23-26(33)31(27(34)37-23)14-24(32)30-20-9-7-19(28)8-10-20/h3-13H,14-15H2,1-2H3,(H,30,32)/b23-13-. The summed E-state index contributed by atoms with van der Waals surface area (Å²) in [7, 11) is 1.54. The maximum atomic E-state index is 12.9. The second-order valence-corrected chi connectivity index (χ2v) is 10.7. The van der Waals surface area contributed by atoms with E-state index < -0.39 is 23.6 Å². The lowest BCUT2D eigenvalue weighted by atomic mass is 10.1. The molecule has 1 N–H and O–H groups in total. The van der Waals surface area contributed by atoms with Crippen LogP contribution in [0.4, 0.5) is 10.5 Å². The molecule has 3 aromatic rings. The topological polar surface area (TPSA) is 84.9 Å². The number of hydrogen-bond acceptors (Lipinski definition) is 6. The lowest BCUT2D eigenvalue weighted by molar-refractivity contribution is -0.127. The van der Waals surface area contributed by atoms with E-state index in [9.17, 15) is 14.4 Å². The van der Waals surface area contributed by atoms with Gasteiger partial charge >= 0.3 is 0 Å². The molecule has 0 spiro atoms. The number of methoxy groups -OCH3 is 1. The number of halogens is 2. The normalized spacial score (nSPS) is 14.3. The third-order valence-electron chi connectivity index (χ3n) is 5.36. The molecule has 0 aromatic heterocycles. The lowest BCUT2D eigenvalue weighted by Crippen LogP contribution is -2.36. The first-order chi connectivity index (χ1) is 17.7. The van der Waals surface area contributed by atoms with Gasteiger partial charge in [-0.2, -0.15) is 0 Å². The summed E-state index contributed by atoms with van der Waals surface area (Å²) < 4.78 is 12.3. The third-order valence-corrected chi connectivity index (χ3v) is 7.32. The minimum absolute atomic E-state index is 0.218. The van der Waals surface area contributed by atoms with Crippen molar-refractivity contribution in [2.24, 2.45) is 0 Å². The molecule has 10 heteroatoms. The summed E-state index contributed by atoms with van der Waals surface area (Å²) in [6, 6.07) is 18.2. The monoisotopic (exact) mass is 648 g/mol. The van der Waals surface area contributed by atoms with E-state index in [1.165, 1.54) is 5.56 Å². The van der Waals surface area contributed by atoms with Gasteiger partial charge in [0.25, 0.3) is 11.1 Å². The van der Waals surface area contributed by atoms with Crippen molar-refractivity contribution in [1.82, 2.24) is 4.90 Å². The van der Waals surface area contributed by atoms with E-state index in [1.807, 2.05) is 37.3 Å². The number of nitrogens with zero attached hydrogens (tertiary/aromatic N) is 1. The molecule has 3 aromatic carbocycles. The average molecular weight is 649 g/mol. The Morgan fingerprint density at radius 1 is 1.11 bits per heavy atom. The maximum absolute atomic E-state index is 12.9. The summed E-state index contributed by atoms with van der Waals surface area (Å²) in [6.07, 6.45) is 1.61. The van der Waals surface area contributed by atoms with Gasteiger partial charge in [-0.1, -0.05) is 41.4 Å². The number of rotatable bonds is 8. The second kappa shape index (κ2) is 12.0. The average Bonchev–Trinajstić information content (AvgIpc) is 3.12. The molecule has 1 aliphatic rings. The Hall–Kier alpha value is -3.02. The van der Waals surface area contributed by atoms with Gasteiger partial charge in [0.05, 0.1) is 15.6 Å². The van der Waals surface area contributed by atoms with Gasteiger partial charge in [-0.15, -0.1) is 0 Å². The number of thioether (sulfide) groups is 1. The van der Waals surface area contributed by atoms with Gasteiger partial charge in [0.1, 0.15) is 13.2 Å². The second-order valence-electron chi connectivity index (χ2n) is 8.13. The summed E-state index contributed by atoms with van der Waals surface area (Å²) in [5.74, 6) is 0.0757. The number of hydrogen-bond donors (Lipinski definition) is 1. The minimum atomic E-state index is -0.532. The minimum Gasteiger partial charge on any atom is -0.493 e. The van der Waals surface area contributed by atoms with E-state index in [-0.39, 0.29) is 4.91 Å². The first-order valence-corrected chi connectivity index (χ1v) is 13.4. The van der Waals surface area contributed by atoms with Gasteiger partial charge in [0.2, 0.25) is 5.91 Å². The number of ether oxygens (including phenoxy) is 2. The third kappa shape index (κ3) is 6.85. The number of carbonyl (C=O) groups excluding carboxylic acids is 3. The molecular formula is C27H22ClIN2O5S. The van der Waals surface area contributed by atoms with Crippen molar-refractivity contribution in [2.45, 2.75) is 13.5 Å². The van der Waals surface area contributed by atoms with Crippen LogP contribution in [0, 0.1) is 10.5 Å². The Morgan fingerprint density at radius 3 is 2.49 bits per heavy atom. The van der Waals surface area contributed by atoms with Crippen LogP contribution in [0.3, 0.4) is 0 Å². The van der Waals surface area contributed by atoms with Crippen LogP contribution in [0.15, 0.2) is 65.6 Å². The number of benzene rings is 3. The van der Waals surface area contributed by atoms with Gasteiger partial charge < -0.3 is 14.8 Å². The molecule has 190 valence electrons. The fourth-order valence-corrected chi connectivity index (χ4v) is 5.21. The molecule has 1 aliphatic heterocycles. The highest BCUT2D eigenvalue weighted by molar-refractivity contribution is 14.1. The smallest absolute Gasteiger partial charge is 0.294 e. The van der Waals surface area contributed by atoms with Crippen molar-refractivity contribution in [1.29, 1.82) is 0 Å². The zero-order valence-electron chi connectivity index (χ0n) is 19.9. The van der Waals surface area contributed by atoms with Crippen LogP contribution >= 0.6 is 46.0 Å². The number of aryl methyl sites for hydroxylation is 1. The van der Waals surface area contributed by atoms with Crippen molar-refractivity contribution in [3.05, 3.63) is 90.9 Å². The number of nitrogens with one attached hydrogen (secondary N) is 1. The molecule has 1 heterocycles. The van der Waals surface area contributed by atoms with Crippen LogP contribution in [0.1, 0.15) is 16.7 Å². The van der Waals surface area contributed by atoms with E-state index in [0.29, 0.717) is 34.4 Å². The molecule has 1 fully saturated rings. The summed E-state index contributed by atoms with van der Waals surface area (Å²) in [5, 5.41) is 2.67. The Morgan fingerprint density at radius 2 is 1.81 bits per heavy atom. The fourth-order valence-electron chi connectivity index (χ4n) is 3.47. The SMILES string of the molecule is COc1cc(/C=C2\SC(=O)N(CC(=O)Nc3ccc(Cl)cc3)C2=O)cc(I)c1OCc1ccc(C)cc1. The molecule has 0 atom stereocenters. The molecular weight excluding hydrogens is 627 g/mol. The van der Waals surface area contributed by atoms with Crippen molar-refractivity contribution in [3.63, 3.8) is 0 Å². The Bertz CT molecular complexity index is 1380. The summed E-state index contributed by atoms with van der Waals surface area (Å²) in [4.78, 5) is 38.9. The molecule has 0 saturated carbocycles. The van der Waals surface area contributed by atoms with E-state index >= 15 is 0 Å². The number of carbonyl (C=O) groups is 3. The highest BCUT2D eigenvalue weighted by Gasteiger charge is 2.36. The quantitative estimate of drug-likeness (QED) is 0.221. The molecule has 3 amide bonds. The van der Waals surface area contributed by atoms with Crippen molar-refractivity contribution >= 4 is 74.8 Å². The number of amides is 3. The summed E-state index contributed by atoms with van der Waals surface area (Å²) >= 11 is 8.79. The maximum Gasteiger partial charge on any atom is 0.294 e. The zero-order valence-corrected chi connectivity index (χ0v) is 23.6. The predicted molar refractivity (Wildman–Crippen MR) is 154 cm³/mol. The molecule has 0 unspecified atom stereocenters. The molecule has 7 nitrogen and oxygen atoms in total. The van der Waals surface area contributed by atoms with Crippen LogP contribution in [0.5, 0.6) is 11.5 Å². The van der Waals surface area contributed by atoms with Crippen molar-refractivity contribution in [2.75, 3.05) is 19.0 Å². The van der Waals surface area contributed by atoms with E-state index in [4.69, 9.17) is 21.1 Å². The summed E-state index contributed by atoms with van der Waals surface area (Å²) in [6.45, 7) is 2.01. The van der Waals surface area contributed by atoms with Crippen LogP contribution in [-0.4, -0.2) is 35.6 Å². The highest BCUT2D eigenvalue weighted by atomic mass is 127. The molecule has 37 heavy (non-hydrogen) atoms. The van der Waals surface area contributed by atoms with Gasteiger partial charge in [-0.3, -0.25) is 19.3 Å². The number of anilines is 1. The first kappa shape index (κ1) is 27.0. The largest absolute Gasteiger partial charge is 0.493 e. The van der Waals surface area contributed by atoms with Crippen LogP contribution < -0.4 is 14.8 Å². The van der Waals surface area contributed by atoms with Gasteiger partial charge in [0, 0.05) is 10.7 Å². The zero-order chi connectivity index (χ0) is 26.5. The lowest BCUT2D eigenvalue weighted by Gasteiger charge is -2.14. The highest BCUT2D eigenvalue weighted by Crippen LogP contribution is 2.37. The molecule has 0 aliphatic carbocycles. The van der Waals surface area contributed by atoms with Crippen molar-refractivity contribution in [3.8, 4) is 11.5 Å².